The van der Waals surface area contributed by atoms with Crippen LogP contribution in [0.3, 0.4) is 0 Å². The molecule has 8 heteroatoms. The molecule has 0 saturated heterocycles. The number of para-hydroxylation sites is 1. The van der Waals surface area contributed by atoms with Gasteiger partial charge in [-0.1, -0.05) is 66.7 Å². The van der Waals surface area contributed by atoms with E-state index in [0.717, 1.165) is 32.5 Å². The van der Waals surface area contributed by atoms with Crippen molar-refractivity contribution in [3.05, 3.63) is 95.7 Å². The van der Waals surface area contributed by atoms with Crippen LogP contribution in [0.25, 0.3) is 22.0 Å². The highest BCUT2D eigenvalue weighted by Gasteiger charge is 2.31. The third-order valence-corrected chi connectivity index (χ3v) is 6.64. The summed E-state index contributed by atoms with van der Waals surface area (Å²) >= 11 is 0. The lowest BCUT2D eigenvalue weighted by atomic mass is 9.98. The van der Waals surface area contributed by atoms with Gasteiger partial charge in [0.1, 0.15) is 18.8 Å². The van der Waals surface area contributed by atoms with Crippen molar-refractivity contribution < 1.29 is 29.0 Å². The van der Waals surface area contributed by atoms with Gasteiger partial charge in [0.25, 0.3) is 0 Å². The first kappa shape index (κ1) is 26.0. The normalized spacial score (nSPS) is 12.6. The number of aromatic nitrogens is 1. The summed E-state index contributed by atoms with van der Waals surface area (Å²) in [5.74, 6) is -1.36. The van der Waals surface area contributed by atoms with Gasteiger partial charge < -0.3 is 14.6 Å². The van der Waals surface area contributed by atoms with Crippen LogP contribution in [0.2, 0.25) is 0 Å². The Morgan fingerprint density at radius 2 is 1.49 bits per heavy atom. The minimum absolute atomic E-state index is 0.0536. The maximum Gasteiger partial charge on any atom is 0.419 e. The number of aliphatic carboxylic acids is 1. The van der Waals surface area contributed by atoms with E-state index in [1.165, 1.54) is 4.57 Å². The second-order valence-corrected chi connectivity index (χ2v) is 10.6. The molecule has 4 aromatic rings. The van der Waals surface area contributed by atoms with Gasteiger partial charge in [-0.05, 0) is 55.2 Å². The first-order chi connectivity index (χ1) is 18.6. The molecule has 8 nitrogen and oxygen atoms in total. The van der Waals surface area contributed by atoms with Crippen molar-refractivity contribution in [1.82, 2.24) is 9.47 Å². The van der Waals surface area contributed by atoms with Crippen molar-refractivity contribution in [2.24, 2.45) is 0 Å². The maximum atomic E-state index is 13.3. The lowest BCUT2D eigenvalue weighted by Crippen LogP contribution is -2.37. The monoisotopic (exact) mass is 526 g/mol. The van der Waals surface area contributed by atoms with Gasteiger partial charge in [0.05, 0.1) is 12.1 Å². The molecule has 1 heterocycles. The topological polar surface area (TPSA) is 98.1 Å². The first-order valence-corrected chi connectivity index (χ1v) is 12.8. The van der Waals surface area contributed by atoms with Crippen LogP contribution >= 0.6 is 0 Å². The summed E-state index contributed by atoms with van der Waals surface area (Å²) in [5, 5.41) is 10.3. The van der Waals surface area contributed by atoms with Gasteiger partial charge in [-0.2, -0.15) is 0 Å². The van der Waals surface area contributed by atoms with Gasteiger partial charge in [0.15, 0.2) is 0 Å². The van der Waals surface area contributed by atoms with Gasteiger partial charge in [-0.25, -0.2) is 14.2 Å². The Labute approximate surface area is 226 Å². The molecule has 0 unspecified atom stereocenters. The predicted molar refractivity (Wildman–Crippen MR) is 147 cm³/mol. The number of ether oxygens (including phenoxy) is 2. The second-order valence-electron chi connectivity index (χ2n) is 10.6. The molecule has 0 saturated carbocycles. The number of carboxylic acids is 1. The van der Waals surface area contributed by atoms with Crippen LogP contribution in [0, 0.1) is 0 Å². The zero-order chi connectivity index (χ0) is 27.7. The molecule has 1 amide bonds. The van der Waals surface area contributed by atoms with E-state index in [0.29, 0.717) is 11.2 Å². The average molecular weight is 527 g/mol. The van der Waals surface area contributed by atoms with E-state index in [-0.39, 0.29) is 19.1 Å². The van der Waals surface area contributed by atoms with Crippen molar-refractivity contribution in [3.63, 3.8) is 0 Å². The molecule has 3 aromatic carbocycles. The number of carbonyl (C=O) groups is 3. The van der Waals surface area contributed by atoms with Gasteiger partial charge in [-0.15, -0.1) is 0 Å². The predicted octanol–water partition coefficient (Wildman–Crippen LogP) is 6.26. The minimum atomic E-state index is -1.19. The zero-order valence-corrected chi connectivity index (χ0v) is 22.1. The Bertz CT molecular complexity index is 1520. The quantitative estimate of drug-likeness (QED) is 0.318. The van der Waals surface area contributed by atoms with Crippen molar-refractivity contribution in [1.29, 1.82) is 0 Å². The summed E-state index contributed by atoms with van der Waals surface area (Å²) in [7, 11) is 0. The molecule has 200 valence electrons. The Morgan fingerprint density at radius 1 is 0.897 bits per heavy atom. The highest BCUT2D eigenvalue weighted by Crippen LogP contribution is 2.44. The second kappa shape index (κ2) is 10.3. The molecule has 1 aromatic heterocycles. The fraction of sp³-hybridized carbons (Fsp3) is 0.258. The number of carbonyl (C=O) groups excluding carboxylic acids is 2. The molecule has 5 rings (SSSR count). The van der Waals surface area contributed by atoms with Gasteiger partial charge >= 0.3 is 18.2 Å². The Hall–Kier alpha value is -4.59. The Balaban J connectivity index is 1.41. The van der Waals surface area contributed by atoms with Crippen LogP contribution in [0.1, 0.15) is 43.5 Å². The van der Waals surface area contributed by atoms with E-state index in [1.54, 1.807) is 39.0 Å². The molecular formula is C31H30N2O6. The summed E-state index contributed by atoms with van der Waals surface area (Å²) in [6, 6.07) is 25.0. The molecule has 1 N–H and O–H groups in total. The lowest BCUT2D eigenvalue weighted by molar-refractivity contribution is -0.138. The molecule has 0 atom stereocenters. The fourth-order valence-corrected chi connectivity index (χ4v) is 5.08. The number of hydrogen-bond acceptors (Lipinski definition) is 5. The number of carboxylic acid groups (broad SMARTS) is 1. The van der Waals surface area contributed by atoms with Crippen LogP contribution in [0.4, 0.5) is 9.59 Å². The third kappa shape index (κ3) is 5.36. The third-order valence-electron chi connectivity index (χ3n) is 6.64. The Morgan fingerprint density at radius 3 is 2.10 bits per heavy atom. The number of benzene rings is 3. The molecule has 0 aliphatic heterocycles. The number of fused-ring (bicyclic) bond motifs is 4. The summed E-state index contributed by atoms with van der Waals surface area (Å²) in [6.45, 7) is 4.61. The van der Waals surface area contributed by atoms with E-state index < -0.39 is 30.3 Å². The van der Waals surface area contributed by atoms with Crippen LogP contribution in [0.15, 0.2) is 78.9 Å². The van der Waals surface area contributed by atoms with Crippen molar-refractivity contribution in [3.8, 4) is 11.1 Å². The molecule has 39 heavy (non-hydrogen) atoms. The molecule has 0 bridgehead atoms. The van der Waals surface area contributed by atoms with E-state index in [1.807, 2.05) is 60.7 Å². The highest BCUT2D eigenvalue weighted by atomic mass is 16.6. The van der Waals surface area contributed by atoms with Crippen LogP contribution in [-0.2, 0) is 20.8 Å². The van der Waals surface area contributed by atoms with Gasteiger partial charge in [-0.3, -0.25) is 9.69 Å². The summed E-state index contributed by atoms with van der Waals surface area (Å²) in [6.07, 6.45) is -1.39. The highest BCUT2D eigenvalue weighted by molar-refractivity contribution is 5.91. The molecule has 0 radical (unpaired) electrons. The summed E-state index contributed by atoms with van der Waals surface area (Å²) in [5.41, 5.74) is 4.58. The van der Waals surface area contributed by atoms with E-state index >= 15 is 0 Å². The van der Waals surface area contributed by atoms with Crippen molar-refractivity contribution in [2.45, 2.75) is 38.8 Å². The number of nitrogens with zero attached hydrogens (tertiary/aromatic N) is 2. The SMILES string of the molecule is CC(C)(C)OC(=O)n1c(CN(CC(=O)O)C(=O)OCC2c3ccccc3-c3ccccc32)cc2ccccc21. The molecule has 1 aliphatic rings. The summed E-state index contributed by atoms with van der Waals surface area (Å²) < 4.78 is 12.7. The lowest BCUT2D eigenvalue weighted by Gasteiger charge is -2.24. The number of hydrogen-bond donors (Lipinski definition) is 1. The average Bonchev–Trinajstić information content (AvgIpc) is 3.41. The van der Waals surface area contributed by atoms with E-state index in [4.69, 9.17) is 9.47 Å². The van der Waals surface area contributed by atoms with Crippen LogP contribution in [-0.4, -0.2) is 51.5 Å². The van der Waals surface area contributed by atoms with Crippen molar-refractivity contribution in [2.75, 3.05) is 13.2 Å². The molecule has 1 aliphatic carbocycles. The summed E-state index contributed by atoms with van der Waals surface area (Å²) in [4.78, 5) is 39.3. The van der Waals surface area contributed by atoms with Crippen LogP contribution in [0.5, 0.6) is 0 Å². The molecule has 0 fully saturated rings. The first-order valence-electron chi connectivity index (χ1n) is 12.8. The number of amides is 1. The van der Waals surface area contributed by atoms with Gasteiger partial charge in [0, 0.05) is 17.0 Å². The largest absolute Gasteiger partial charge is 0.480 e. The molecular weight excluding hydrogens is 496 g/mol. The number of rotatable bonds is 6. The maximum absolute atomic E-state index is 13.3. The van der Waals surface area contributed by atoms with E-state index in [9.17, 15) is 19.5 Å². The van der Waals surface area contributed by atoms with Crippen molar-refractivity contribution >= 4 is 29.1 Å². The standard InChI is InChI=1S/C31H30N2O6/c1-31(2,3)39-30(37)33-21(16-20-10-4-9-15-27(20)33)17-32(18-28(34)35)29(36)38-19-26-24-13-7-5-11-22(24)23-12-6-8-14-25(23)26/h4-16,26H,17-19H2,1-3H3,(H,34,35). The van der Waals surface area contributed by atoms with E-state index in [2.05, 4.69) is 0 Å². The molecule has 0 spiro atoms. The van der Waals surface area contributed by atoms with Crippen LogP contribution < -0.4 is 0 Å². The Kier molecular flexibility index (Phi) is 6.87. The zero-order valence-electron chi connectivity index (χ0n) is 22.1. The fourth-order valence-electron chi connectivity index (χ4n) is 5.08. The minimum Gasteiger partial charge on any atom is -0.480 e. The smallest absolute Gasteiger partial charge is 0.419 e. The van der Waals surface area contributed by atoms with Gasteiger partial charge in [0.2, 0.25) is 0 Å².